The average Bonchev–Trinajstić information content (AvgIpc) is 3.02. The quantitative estimate of drug-likeness (QED) is 0.0751. The molecule has 0 saturated carbocycles. The summed E-state index contributed by atoms with van der Waals surface area (Å²) in [6.07, 6.45) is 6.18. The number of carbonyl (C=O) groups excluding carboxylic acids is 5. The maximum absolute atomic E-state index is 13.6. The Morgan fingerprint density at radius 3 is 2.00 bits per heavy atom. The number of rotatable bonds is 21. The van der Waals surface area contributed by atoms with E-state index in [0.717, 1.165) is 4.73 Å². The number of likely N-dealkylation sites (N-methyl/N-ethyl adjacent to an activating group) is 1. The van der Waals surface area contributed by atoms with Gasteiger partial charge in [-0.25, -0.2) is 0 Å². The fraction of sp³-hybridized carbons (Fsp3) is 0.697. The SMILES string of the molecule is CCNC(=O)C(NC(=O)[C@H](C)NCC(CC(C)C)NC(=O)[C@H](CCSC)NC(=O)C(NC(=O)c1cc[n+](O)cc1)[C@@H](C)CC)C(C)C. The van der Waals surface area contributed by atoms with Crippen LogP contribution in [-0.4, -0.2) is 90.1 Å². The number of hydrogen-bond acceptors (Lipinski definition) is 8. The second-order valence-electron chi connectivity index (χ2n) is 12.7. The Hall–Kier alpha value is -3.39. The lowest BCUT2D eigenvalue weighted by atomic mass is 9.97. The molecule has 1 rings (SSSR count). The second kappa shape index (κ2) is 21.5. The van der Waals surface area contributed by atoms with Gasteiger partial charge in [-0.2, -0.15) is 11.8 Å². The van der Waals surface area contributed by atoms with Crippen molar-refractivity contribution in [3.63, 3.8) is 0 Å². The van der Waals surface area contributed by atoms with Crippen molar-refractivity contribution in [3.05, 3.63) is 30.1 Å². The molecule has 1 heterocycles. The molecule has 0 bridgehead atoms. The standard InChI is InChI=1S/C33H57N7O6S/c1-10-22(7)28(39-30(42)24-12-15-40(46)16-13-24)33(45)37-26(14-17-47-9)31(43)36-25(18-20(3)4)19-35-23(8)29(41)38-27(21(5)6)32(44)34-11-2/h12-13,15-16,20-23,25-28,35H,10-11,14,17-19H2,1-9H3,(H5-,34,36,37,38,39,41,42,43,44,45,46)/p+1/t22-,23-,25?,26-,27?,28?/m0/s1. The summed E-state index contributed by atoms with van der Waals surface area (Å²) in [4.78, 5) is 65.6. The minimum absolute atomic E-state index is 0.0979. The lowest BCUT2D eigenvalue weighted by Gasteiger charge is -2.29. The summed E-state index contributed by atoms with van der Waals surface area (Å²) in [5.74, 6) is -1.30. The summed E-state index contributed by atoms with van der Waals surface area (Å²) in [5.41, 5.74) is 0.281. The van der Waals surface area contributed by atoms with Crippen molar-refractivity contribution in [1.82, 2.24) is 31.9 Å². The van der Waals surface area contributed by atoms with E-state index in [4.69, 9.17) is 0 Å². The molecule has 0 radical (unpaired) electrons. The molecule has 7 N–H and O–H groups in total. The van der Waals surface area contributed by atoms with Crippen LogP contribution >= 0.6 is 11.8 Å². The molecule has 47 heavy (non-hydrogen) atoms. The number of nitrogens with zero attached hydrogens (tertiary/aromatic N) is 1. The van der Waals surface area contributed by atoms with E-state index in [1.54, 1.807) is 18.7 Å². The fourth-order valence-corrected chi connectivity index (χ4v) is 5.31. The van der Waals surface area contributed by atoms with E-state index in [9.17, 15) is 29.2 Å². The summed E-state index contributed by atoms with van der Waals surface area (Å²) >= 11 is 1.55. The third-order valence-electron chi connectivity index (χ3n) is 7.87. The van der Waals surface area contributed by atoms with Gasteiger partial charge >= 0.3 is 0 Å². The highest BCUT2D eigenvalue weighted by molar-refractivity contribution is 7.98. The fourth-order valence-electron chi connectivity index (χ4n) is 4.84. The van der Waals surface area contributed by atoms with Gasteiger partial charge in [0.05, 0.1) is 11.6 Å². The molecule has 1 aromatic rings. The van der Waals surface area contributed by atoms with Crippen LogP contribution in [0.1, 0.15) is 85.0 Å². The van der Waals surface area contributed by atoms with Crippen molar-refractivity contribution in [2.24, 2.45) is 17.8 Å². The monoisotopic (exact) mass is 680 g/mol. The summed E-state index contributed by atoms with van der Waals surface area (Å²) in [6, 6.07) is -0.487. The smallest absolute Gasteiger partial charge is 0.252 e. The predicted octanol–water partition coefficient (Wildman–Crippen LogP) is 1.38. The Balaban J connectivity index is 3.02. The van der Waals surface area contributed by atoms with E-state index in [-0.39, 0.29) is 47.1 Å². The Bertz CT molecular complexity index is 1150. The molecular formula is C33H58N7O6S+. The molecule has 266 valence electrons. The Morgan fingerprint density at radius 2 is 1.47 bits per heavy atom. The largest absolute Gasteiger partial charge is 0.355 e. The van der Waals surface area contributed by atoms with Crippen LogP contribution in [0.25, 0.3) is 0 Å². The first-order chi connectivity index (χ1) is 22.1. The van der Waals surface area contributed by atoms with Crippen LogP contribution in [0, 0.1) is 17.8 Å². The van der Waals surface area contributed by atoms with Crippen molar-refractivity contribution in [2.75, 3.05) is 25.1 Å². The zero-order chi connectivity index (χ0) is 35.7. The van der Waals surface area contributed by atoms with Gasteiger partial charge in [0.2, 0.25) is 36.0 Å². The Morgan fingerprint density at radius 1 is 0.830 bits per heavy atom. The topological polar surface area (TPSA) is 182 Å². The van der Waals surface area contributed by atoms with E-state index in [2.05, 4.69) is 31.9 Å². The molecular weight excluding hydrogens is 622 g/mol. The number of amides is 5. The van der Waals surface area contributed by atoms with Crippen LogP contribution in [0.5, 0.6) is 0 Å². The minimum Gasteiger partial charge on any atom is -0.355 e. The highest BCUT2D eigenvalue weighted by Gasteiger charge is 2.31. The van der Waals surface area contributed by atoms with Gasteiger partial charge in [-0.1, -0.05) is 48.0 Å². The molecule has 0 aliphatic carbocycles. The predicted molar refractivity (Wildman–Crippen MR) is 184 cm³/mol. The van der Waals surface area contributed by atoms with E-state index in [1.165, 1.54) is 24.5 Å². The van der Waals surface area contributed by atoms with Gasteiger partial charge in [-0.05, 0) is 56.5 Å². The molecule has 0 aromatic carbocycles. The average molecular weight is 681 g/mol. The lowest BCUT2D eigenvalue weighted by molar-refractivity contribution is -0.904. The van der Waals surface area contributed by atoms with E-state index < -0.39 is 36.0 Å². The number of pyridine rings is 1. The first kappa shape index (κ1) is 41.6. The van der Waals surface area contributed by atoms with Crippen molar-refractivity contribution >= 4 is 41.3 Å². The molecule has 0 aliphatic heterocycles. The summed E-state index contributed by atoms with van der Waals surface area (Å²) in [7, 11) is 0. The molecule has 0 saturated heterocycles. The highest BCUT2D eigenvalue weighted by atomic mass is 32.2. The number of aromatic nitrogens is 1. The molecule has 0 spiro atoms. The van der Waals surface area contributed by atoms with Gasteiger partial charge in [0.15, 0.2) is 0 Å². The van der Waals surface area contributed by atoms with Gasteiger partial charge in [-0.3, -0.25) is 29.2 Å². The van der Waals surface area contributed by atoms with Crippen molar-refractivity contribution in [2.45, 2.75) is 105 Å². The first-order valence-electron chi connectivity index (χ1n) is 16.6. The maximum atomic E-state index is 13.6. The van der Waals surface area contributed by atoms with Crippen molar-refractivity contribution in [3.8, 4) is 0 Å². The van der Waals surface area contributed by atoms with Crippen LogP contribution in [-0.2, 0) is 19.2 Å². The highest BCUT2D eigenvalue weighted by Crippen LogP contribution is 2.12. The van der Waals surface area contributed by atoms with Crippen LogP contribution in [0.3, 0.4) is 0 Å². The number of thioether (sulfide) groups is 1. The zero-order valence-corrected chi connectivity index (χ0v) is 30.3. The van der Waals surface area contributed by atoms with Gasteiger partial charge in [0.25, 0.3) is 5.91 Å². The van der Waals surface area contributed by atoms with Crippen molar-refractivity contribution in [1.29, 1.82) is 0 Å². The normalized spacial score (nSPS) is 15.1. The zero-order valence-electron chi connectivity index (χ0n) is 29.5. The third kappa shape index (κ3) is 14.9. The molecule has 14 heteroatoms. The first-order valence-corrected chi connectivity index (χ1v) is 18.0. The van der Waals surface area contributed by atoms with E-state index >= 15 is 0 Å². The van der Waals surface area contributed by atoms with E-state index in [1.807, 2.05) is 54.7 Å². The third-order valence-corrected chi connectivity index (χ3v) is 8.51. The number of hydrogen-bond donors (Lipinski definition) is 7. The lowest BCUT2D eigenvalue weighted by Crippen LogP contribution is -2.58. The van der Waals surface area contributed by atoms with Crippen molar-refractivity contribution < 1.29 is 33.9 Å². The van der Waals surface area contributed by atoms with Crippen LogP contribution in [0.15, 0.2) is 24.5 Å². The number of carbonyl (C=O) groups is 5. The summed E-state index contributed by atoms with van der Waals surface area (Å²) < 4.78 is 0.818. The van der Waals surface area contributed by atoms with Gasteiger partial charge < -0.3 is 31.9 Å². The molecule has 0 fully saturated rings. The molecule has 0 aliphatic rings. The molecule has 13 nitrogen and oxygen atoms in total. The summed E-state index contributed by atoms with van der Waals surface area (Å²) in [5, 5.41) is 27.0. The second-order valence-corrected chi connectivity index (χ2v) is 13.7. The molecule has 3 unspecified atom stereocenters. The van der Waals surface area contributed by atoms with E-state index in [0.29, 0.717) is 38.1 Å². The minimum atomic E-state index is -0.889. The molecule has 5 amide bonds. The van der Waals surface area contributed by atoms with Gasteiger partial charge in [0.1, 0.15) is 18.1 Å². The van der Waals surface area contributed by atoms with Crippen LogP contribution < -0.4 is 36.6 Å². The summed E-state index contributed by atoms with van der Waals surface area (Å²) in [6.45, 7) is 15.9. The Kier molecular flexibility index (Phi) is 19.0. The number of nitrogens with one attached hydrogen (secondary N) is 6. The molecule has 1 aromatic heterocycles. The van der Waals surface area contributed by atoms with Crippen LogP contribution in [0.2, 0.25) is 0 Å². The van der Waals surface area contributed by atoms with Gasteiger partial charge in [-0.15, -0.1) is 0 Å². The maximum Gasteiger partial charge on any atom is 0.252 e. The van der Waals surface area contributed by atoms with Crippen LogP contribution in [0.4, 0.5) is 0 Å². The molecule has 6 atom stereocenters. The Labute approximate surface area is 284 Å². The van der Waals surface area contributed by atoms with Gasteiger partial charge in [0, 0.05) is 36.0 Å².